The third-order valence-corrected chi connectivity index (χ3v) is 6.06. The molecule has 0 atom stereocenters. The molecule has 1 aliphatic heterocycles. The topological polar surface area (TPSA) is 89.2 Å². The summed E-state index contributed by atoms with van der Waals surface area (Å²) in [4.78, 5) is 11.3. The Kier molecular flexibility index (Phi) is 4.21. The number of piperidine rings is 1. The van der Waals surface area contributed by atoms with Crippen molar-refractivity contribution in [3.05, 3.63) is 47.9 Å². The number of nitrogens with two attached hydrogens (primary N) is 1. The minimum absolute atomic E-state index is 0.192. The van der Waals surface area contributed by atoms with Gasteiger partial charge >= 0.3 is 0 Å². The SMILES string of the molecule is NS(=O)(=O)c1cccc(C2CCN(c3cc(C4CC4)ncn3)CC2)c1. The zero-order valence-electron chi connectivity index (χ0n) is 14.0. The first-order chi connectivity index (χ1) is 12.0. The largest absolute Gasteiger partial charge is 0.356 e. The quantitative estimate of drug-likeness (QED) is 0.906. The van der Waals surface area contributed by atoms with Gasteiger partial charge in [0.05, 0.1) is 4.90 Å². The van der Waals surface area contributed by atoms with E-state index in [9.17, 15) is 8.42 Å². The maximum Gasteiger partial charge on any atom is 0.238 e. The molecule has 0 unspecified atom stereocenters. The Hall–Kier alpha value is -1.99. The molecule has 2 aromatic rings. The molecule has 6 nitrogen and oxygen atoms in total. The van der Waals surface area contributed by atoms with Crippen LogP contribution in [0.1, 0.15) is 48.8 Å². The number of hydrogen-bond acceptors (Lipinski definition) is 5. The van der Waals surface area contributed by atoms with Gasteiger partial charge in [-0.2, -0.15) is 0 Å². The van der Waals surface area contributed by atoms with E-state index in [-0.39, 0.29) is 4.90 Å². The number of anilines is 1. The van der Waals surface area contributed by atoms with Crippen LogP contribution in [0.15, 0.2) is 41.6 Å². The summed E-state index contributed by atoms with van der Waals surface area (Å²) >= 11 is 0. The summed E-state index contributed by atoms with van der Waals surface area (Å²) in [6.07, 6.45) is 6.08. The number of benzene rings is 1. The second kappa shape index (κ2) is 6.38. The first kappa shape index (κ1) is 16.5. The van der Waals surface area contributed by atoms with Crippen LogP contribution in [0.2, 0.25) is 0 Å². The lowest BCUT2D eigenvalue weighted by atomic mass is 9.89. The first-order valence-electron chi connectivity index (χ1n) is 8.70. The molecule has 2 heterocycles. The van der Waals surface area contributed by atoms with E-state index in [0.29, 0.717) is 11.8 Å². The molecule has 4 rings (SSSR count). The molecular weight excluding hydrogens is 336 g/mol. The van der Waals surface area contributed by atoms with Crippen molar-refractivity contribution in [2.75, 3.05) is 18.0 Å². The standard InChI is InChI=1S/C18H22N4O2S/c19-25(23,24)16-3-1-2-15(10-16)13-6-8-22(9-7-13)18-11-17(14-4-5-14)20-12-21-18/h1-3,10-14H,4-9H2,(H2,19,23,24). The lowest BCUT2D eigenvalue weighted by Crippen LogP contribution is -2.33. The van der Waals surface area contributed by atoms with Crippen molar-refractivity contribution in [3.8, 4) is 0 Å². The Balaban J connectivity index is 1.46. The Morgan fingerprint density at radius 1 is 1.00 bits per heavy atom. The smallest absolute Gasteiger partial charge is 0.238 e. The van der Waals surface area contributed by atoms with Crippen molar-refractivity contribution < 1.29 is 8.42 Å². The van der Waals surface area contributed by atoms with E-state index >= 15 is 0 Å². The summed E-state index contributed by atoms with van der Waals surface area (Å²) < 4.78 is 23.1. The van der Waals surface area contributed by atoms with Crippen LogP contribution in [-0.2, 0) is 10.0 Å². The Morgan fingerprint density at radius 2 is 1.76 bits per heavy atom. The summed E-state index contributed by atoms with van der Waals surface area (Å²) in [5.41, 5.74) is 2.21. The number of sulfonamides is 1. The van der Waals surface area contributed by atoms with Crippen LogP contribution in [0.5, 0.6) is 0 Å². The van der Waals surface area contributed by atoms with Gasteiger partial charge in [0, 0.05) is 30.8 Å². The molecule has 132 valence electrons. The van der Waals surface area contributed by atoms with E-state index in [1.54, 1.807) is 24.5 Å². The molecule has 0 radical (unpaired) electrons. The van der Waals surface area contributed by atoms with Crippen molar-refractivity contribution in [2.45, 2.75) is 42.4 Å². The van der Waals surface area contributed by atoms with E-state index in [0.717, 1.165) is 43.0 Å². The van der Waals surface area contributed by atoms with Crippen molar-refractivity contribution in [1.82, 2.24) is 9.97 Å². The van der Waals surface area contributed by atoms with Crippen molar-refractivity contribution in [1.29, 1.82) is 0 Å². The average molecular weight is 358 g/mol. The fourth-order valence-corrected chi connectivity index (χ4v) is 4.09. The number of rotatable bonds is 4. The van der Waals surface area contributed by atoms with Gasteiger partial charge < -0.3 is 4.90 Å². The molecule has 25 heavy (non-hydrogen) atoms. The van der Waals surface area contributed by atoms with Gasteiger partial charge in [-0.15, -0.1) is 0 Å². The van der Waals surface area contributed by atoms with Gasteiger partial charge in [0.15, 0.2) is 0 Å². The highest BCUT2D eigenvalue weighted by Gasteiger charge is 2.27. The number of hydrogen-bond donors (Lipinski definition) is 1. The molecule has 1 aromatic heterocycles. The Bertz CT molecular complexity index is 872. The second-order valence-corrected chi connectivity index (χ2v) is 8.52. The van der Waals surface area contributed by atoms with Gasteiger partial charge in [0.2, 0.25) is 10.0 Å². The third-order valence-electron chi connectivity index (χ3n) is 5.15. The fraction of sp³-hybridized carbons (Fsp3) is 0.444. The highest BCUT2D eigenvalue weighted by atomic mass is 32.2. The van der Waals surface area contributed by atoms with Crippen LogP contribution in [0.4, 0.5) is 5.82 Å². The number of nitrogens with zero attached hydrogens (tertiary/aromatic N) is 3. The normalized spacial score (nSPS) is 19.2. The molecule has 1 saturated heterocycles. The zero-order chi connectivity index (χ0) is 17.4. The maximum absolute atomic E-state index is 11.6. The van der Waals surface area contributed by atoms with Crippen LogP contribution >= 0.6 is 0 Å². The van der Waals surface area contributed by atoms with Crippen LogP contribution in [0, 0.1) is 0 Å². The molecule has 7 heteroatoms. The van der Waals surface area contributed by atoms with E-state index < -0.39 is 10.0 Å². The van der Waals surface area contributed by atoms with Crippen LogP contribution < -0.4 is 10.0 Å². The van der Waals surface area contributed by atoms with Gasteiger partial charge in [0.25, 0.3) is 0 Å². The van der Waals surface area contributed by atoms with Gasteiger partial charge in [-0.25, -0.2) is 23.5 Å². The van der Waals surface area contributed by atoms with Crippen molar-refractivity contribution in [2.24, 2.45) is 5.14 Å². The van der Waals surface area contributed by atoms with Crippen molar-refractivity contribution in [3.63, 3.8) is 0 Å². The first-order valence-corrected chi connectivity index (χ1v) is 10.2. The summed E-state index contributed by atoms with van der Waals surface area (Å²) in [5.74, 6) is 1.98. The second-order valence-electron chi connectivity index (χ2n) is 6.95. The van der Waals surface area contributed by atoms with E-state index in [2.05, 4.69) is 20.9 Å². The zero-order valence-corrected chi connectivity index (χ0v) is 14.8. The predicted octanol–water partition coefficient (Wildman–Crippen LogP) is 2.39. The molecule has 0 amide bonds. The minimum atomic E-state index is -3.65. The summed E-state index contributed by atoms with van der Waals surface area (Å²) in [7, 11) is -3.65. The molecule has 1 aliphatic carbocycles. The highest BCUT2D eigenvalue weighted by molar-refractivity contribution is 7.89. The van der Waals surface area contributed by atoms with E-state index in [1.165, 1.54) is 12.8 Å². The maximum atomic E-state index is 11.6. The summed E-state index contributed by atoms with van der Waals surface area (Å²) in [6, 6.07) is 9.15. The molecule has 1 saturated carbocycles. The summed E-state index contributed by atoms with van der Waals surface area (Å²) in [5, 5.41) is 5.25. The monoisotopic (exact) mass is 358 g/mol. The van der Waals surface area contributed by atoms with Crippen LogP contribution in [-0.4, -0.2) is 31.5 Å². The Labute approximate surface area is 148 Å². The van der Waals surface area contributed by atoms with E-state index in [1.807, 2.05) is 6.07 Å². The molecular formula is C18H22N4O2S. The van der Waals surface area contributed by atoms with Gasteiger partial charge in [-0.05, 0) is 49.3 Å². The predicted molar refractivity (Wildman–Crippen MR) is 96.0 cm³/mol. The average Bonchev–Trinajstić information content (AvgIpc) is 3.47. The minimum Gasteiger partial charge on any atom is -0.356 e. The van der Waals surface area contributed by atoms with Crippen LogP contribution in [0.25, 0.3) is 0 Å². The molecule has 0 bridgehead atoms. The number of primary sulfonamides is 1. The summed E-state index contributed by atoms with van der Waals surface area (Å²) in [6.45, 7) is 1.82. The van der Waals surface area contributed by atoms with Gasteiger partial charge in [-0.1, -0.05) is 12.1 Å². The van der Waals surface area contributed by atoms with Gasteiger partial charge in [0.1, 0.15) is 12.1 Å². The lowest BCUT2D eigenvalue weighted by molar-refractivity contribution is 0.501. The van der Waals surface area contributed by atoms with E-state index in [4.69, 9.17) is 5.14 Å². The van der Waals surface area contributed by atoms with Gasteiger partial charge in [-0.3, -0.25) is 0 Å². The van der Waals surface area contributed by atoms with Crippen molar-refractivity contribution >= 4 is 15.8 Å². The third kappa shape index (κ3) is 3.67. The highest BCUT2D eigenvalue weighted by Crippen LogP contribution is 2.40. The molecule has 2 aliphatic rings. The lowest BCUT2D eigenvalue weighted by Gasteiger charge is -2.33. The number of aromatic nitrogens is 2. The molecule has 0 spiro atoms. The Morgan fingerprint density at radius 3 is 2.44 bits per heavy atom. The molecule has 2 N–H and O–H groups in total. The fourth-order valence-electron chi connectivity index (χ4n) is 3.52. The van der Waals surface area contributed by atoms with Crippen LogP contribution in [0.3, 0.4) is 0 Å². The molecule has 2 fully saturated rings. The molecule has 1 aromatic carbocycles.